The molecule has 0 amide bonds. The van der Waals surface area contributed by atoms with E-state index in [1.54, 1.807) is 0 Å². The summed E-state index contributed by atoms with van der Waals surface area (Å²) in [6, 6.07) is -0.728. The molecule has 1 aromatic heterocycles. The molecule has 0 fully saturated rings. The first-order valence-corrected chi connectivity index (χ1v) is 3.09. The van der Waals surface area contributed by atoms with E-state index in [0.717, 1.165) is 0 Å². The number of aromatic amines is 1. The number of aromatic nitrogens is 3. The van der Waals surface area contributed by atoms with Crippen molar-refractivity contribution in [1.82, 2.24) is 15.4 Å². The molecule has 3 N–H and O–H groups in total. The molecule has 0 bridgehead atoms. The predicted octanol–water partition coefficient (Wildman–Crippen LogP) is 0.460. The van der Waals surface area contributed by atoms with E-state index in [1.807, 2.05) is 0 Å². The molecular weight excluding hydrogens is 154 g/mol. The van der Waals surface area contributed by atoms with Gasteiger partial charge in [0.25, 0.3) is 0 Å². The first kappa shape index (κ1) is 8.06. The second-order valence-electron chi connectivity index (χ2n) is 2.13. The molecule has 0 saturated heterocycles. The molecule has 0 radical (unpaired) electrons. The summed E-state index contributed by atoms with van der Waals surface area (Å²) in [4.78, 5) is 0. The third-order valence-electron chi connectivity index (χ3n) is 1.25. The van der Waals surface area contributed by atoms with Crippen LogP contribution in [-0.4, -0.2) is 21.8 Å². The molecule has 0 saturated carbocycles. The van der Waals surface area contributed by atoms with Gasteiger partial charge in [-0.3, -0.25) is 0 Å². The number of H-pyrrole nitrogens is 1. The van der Waals surface area contributed by atoms with Gasteiger partial charge in [0.1, 0.15) is 0 Å². The van der Waals surface area contributed by atoms with E-state index in [2.05, 4.69) is 15.4 Å². The van der Waals surface area contributed by atoms with Crippen LogP contribution >= 0.6 is 0 Å². The van der Waals surface area contributed by atoms with Crippen LogP contribution in [0.5, 0.6) is 0 Å². The zero-order valence-corrected chi connectivity index (χ0v) is 5.67. The van der Waals surface area contributed by atoms with Crippen LogP contribution in [0.4, 0.5) is 8.78 Å². The standard InChI is InChI=1S/C5H8F2N4/c6-5(7)1-3(8)4-2-9-11-10-4/h2-3,5H,1,8H2,(H,9,10,11). The van der Waals surface area contributed by atoms with Gasteiger partial charge < -0.3 is 5.73 Å². The summed E-state index contributed by atoms with van der Waals surface area (Å²) in [7, 11) is 0. The largest absolute Gasteiger partial charge is 0.322 e. The minimum atomic E-state index is -2.40. The molecule has 6 heteroatoms. The Bertz CT molecular complexity index is 198. The van der Waals surface area contributed by atoms with Gasteiger partial charge in [-0.25, -0.2) is 8.78 Å². The highest BCUT2D eigenvalue weighted by atomic mass is 19.3. The van der Waals surface area contributed by atoms with Crippen LogP contribution in [0.15, 0.2) is 6.20 Å². The van der Waals surface area contributed by atoms with Crippen LogP contribution in [0.1, 0.15) is 18.2 Å². The second kappa shape index (κ2) is 3.38. The quantitative estimate of drug-likeness (QED) is 0.678. The van der Waals surface area contributed by atoms with Crippen molar-refractivity contribution in [1.29, 1.82) is 0 Å². The maximum Gasteiger partial charge on any atom is 0.240 e. The highest BCUT2D eigenvalue weighted by molar-refractivity contribution is 4.97. The lowest BCUT2D eigenvalue weighted by Gasteiger charge is -2.05. The van der Waals surface area contributed by atoms with E-state index in [9.17, 15) is 8.78 Å². The monoisotopic (exact) mass is 162 g/mol. The van der Waals surface area contributed by atoms with Crippen molar-refractivity contribution in [3.8, 4) is 0 Å². The number of hydrogen-bond acceptors (Lipinski definition) is 3. The van der Waals surface area contributed by atoms with E-state index >= 15 is 0 Å². The second-order valence-corrected chi connectivity index (χ2v) is 2.13. The Labute approximate surface area is 61.8 Å². The van der Waals surface area contributed by atoms with Gasteiger partial charge in [-0.05, 0) is 0 Å². The number of alkyl halides is 2. The molecule has 1 unspecified atom stereocenters. The minimum absolute atomic E-state index is 0.366. The number of nitrogens with two attached hydrogens (primary N) is 1. The van der Waals surface area contributed by atoms with Gasteiger partial charge in [-0.15, -0.1) is 0 Å². The van der Waals surface area contributed by atoms with Gasteiger partial charge in [0.05, 0.1) is 17.9 Å². The Morgan fingerprint density at radius 1 is 1.64 bits per heavy atom. The Morgan fingerprint density at radius 3 is 2.82 bits per heavy atom. The number of nitrogens with zero attached hydrogens (tertiary/aromatic N) is 2. The van der Waals surface area contributed by atoms with Gasteiger partial charge in [0, 0.05) is 6.42 Å². The molecule has 4 nitrogen and oxygen atoms in total. The molecule has 0 spiro atoms. The van der Waals surface area contributed by atoms with E-state index in [0.29, 0.717) is 5.69 Å². The van der Waals surface area contributed by atoms with Crippen molar-refractivity contribution in [3.63, 3.8) is 0 Å². The smallest absolute Gasteiger partial charge is 0.240 e. The molecule has 0 aromatic carbocycles. The van der Waals surface area contributed by atoms with Crippen molar-refractivity contribution in [2.45, 2.75) is 18.9 Å². The lowest BCUT2D eigenvalue weighted by Crippen LogP contribution is -2.14. The van der Waals surface area contributed by atoms with Gasteiger partial charge in [-0.2, -0.15) is 15.4 Å². The maximum absolute atomic E-state index is 11.7. The van der Waals surface area contributed by atoms with Crippen molar-refractivity contribution in [2.75, 3.05) is 0 Å². The van der Waals surface area contributed by atoms with Crippen LogP contribution in [0.2, 0.25) is 0 Å². The Hall–Kier alpha value is -1.04. The van der Waals surface area contributed by atoms with Crippen molar-refractivity contribution < 1.29 is 8.78 Å². The number of halogens is 2. The highest BCUT2D eigenvalue weighted by Gasteiger charge is 2.14. The topological polar surface area (TPSA) is 67.6 Å². The first-order valence-electron chi connectivity index (χ1n) is 3.09. The summed E-state index contributed by atoms with van der Waals surface area (Å²) >= 11 is 0. The fraction of sp³-hybridized carbons (Fsp3) is 0.600. The zero-order chi connectivity index (χ0) is 8.27. The van der Waals surface area contributed by atoms with Crippen LogP contribution in [0.3, 0.4) is 0 Å². The zero-order valence-electron chi connectivity index (χ0n) is 5.67. The summed E-state index contributed by atoms with van der Waals surface area (Å²) in [6.07, 6.45) is -1.44. The fourth-order valence-corrected chi connectivity index (χ4v) is 0.702. The molecule has 1 rings (SSSR count). The van der Waals surface area contributed by atoms with Crippen LogP contribution in [0.25, 0.3) is 0 Å². The molecule has 1 atom stereocenters. The lowest BCUT2D eigenvalue weighted by molar-refractivity contribution is 0.128. The molecule has 0 aliphatic carbocycles. The van der Waals surface area contributed by atoms with E-state index in [-0.39, 0.29) is 6.42 Å². The first-order chi connectivity index (χ1) is 5.20. The molecule has 1 heterocycles. The maximum atomic E-state index is 11.7. The van der Waals surface area contributed by atoms with Gasteiger partial charge >= 0.3 is 0 Å². The molecule has 62 valence electrons. The summed E-state index contributed by atoms with van der Waals surface area (Å²) in [5, 5.41) is 9.32. The molecule has 0 aliphatic rings. The highest BCUT2D eigenvalue weighted by Crippen LogP contribution is 2.13. The van der Waals surface area contributed by atoms with Crippen molar-refractivity contribution in [3.05, 3.63) is 11.9 Å². The van der Waals surface area contributed by atoms with Gasteiger partial charge in [0.2, 0.25) is 6.43 Å². The minimum Gasteiger partial charge on any atom is -0.322 e. The Balaban J connectivity index is 2.49. The van der Waals surface area contributed by atoms with Crippen LogP contribution in [0, 0.1) is 0 Å². The van der Waals surface area contributed by atoms with Crippen molar-refractivity contribution in [2.24, 2.45) is 5.73 Å². The number of rotatable bonds is 3. The molecule has 11 heavy (non-hydrogen) atoms. The van der Waals surface area contributed by atoms with E-state index < -0.39 is 12.5 Å². The number of nitrogens with one attached hydrogen (secondary N) is 1. The Kier molecular flexibility index (Phi) is 2.48. The summed E-state index contributed by atoms with van der Waals surface area (Å²) in [5.74, 6) is 0. The van der Waals surface area contributed by atoms with Gasteiger partial charge in [0.15, 0.2) is 0 Å². The summed E-state index contributed by atoms with van der Waals surface area (Å²) < 4.78 is 23.5. The average Bonchev–Trinajstić information content (AvgIpc) is 2.35. The third-order valence-corrected chi connectivity index (χ3v) is 1.25. The normalized spacial score (nSPS) is 13.8. The SMILES string of the molecule is NC(CC(F)F)c1cn[nH]n1. The van der Waals surface area contributed by atoms with Gasteiger partial charge in [-0.1, -0.05) is 0 Å². The van der Waals surface area contributed by atoms with Crippen LogP contribution in [-0.2, 0) is 0 Å². The molecular formula is C5H8F2N4. The lowest BCUT2D eigenvalue weighted by atomic mass is 10.2. The van der Waals surface area contributed by atoms with Crippen molar-refractivity contribution >= 4 is 0 Å². The van der Waals surface area contributed by atoms with Crippen LogP contribution < -0.4 is 5.73 Å². The van der Waals surface area contributed by atoms with E-state index in [1.165, 1.54) is 6.20 Å². The average molecular weight is 162 g/mol. The third kappa shape index (κ3) is 2.23. The predicted molar refractivity (Wildman–Crippen MR) is 33.9 cm³/mol. The Morgan fingerprint density at radius 2 is 2.36 bits per heavy atom. The molecule has 0 aliphatic heterocycles. The molecule has 1 aromatic rings. The summed E-state index contributed by atoms with van der Waals surface area (Å²) in [5.41, 5.74) is 5.70. The fourth-order valence-electron chi connectivity index (χ4n) is 0.702. The number of hydrogen-bond donors (Lipinski definition) is 2. The summed E-state index contributed by atoms with van der Waals surface area (Å²) in [6.45, 7) is 0. The van der Waals surface area contributed by atoms with E-state index in [4.69, 9.17) is 5.73 Å².